The molecular formula is C25H31N3O4. The lowest BCUT2D eigenvalue weighted by molar-refractivity contribution is -0.159. The van der Waals surface area contributed by atoms with Crippen molar-refractivity contribution in [2.75, 3.05) is 36.9 Å². The van der Waals surface area contributed by atoms with Crippen molar-refractivity contribution in [1.82, 2.24) is 4.90 Å². The molecule has 0 unspecified atom stereocenters. The van der Waals surface area contributed by atoms with E-state index in [-0.39, 0.29) is 23.5 Å². The van der Waals surface area contributed by atoms with Crippen molar-refractivity contribution < 1.29 is 19.1 Å². The molecule has 0 aromatic heterocycles. The maximum absolute atomic E-state index is 12.6. The zero-order valence-electron chi connectivity index (χ0n) is 18.5. The third kappa shape index (κ3) is 5.73. The molecule has 2 aliphatic heterocycles. The molecule has 2 fully saturated rings. The molecule has 2 aromatic rings. The van der Waals surface area contributed by atoms with Gasteiger partial charge in [-0.05, 0) is 49.1 Å². The topological polar surface area (TPSA) is 79.9 Å². The molecule has 2 heterocycles. The maximum Gasteiger partial charge on any atom is 0.238 e. The SMILES string of the molecule is CC(=O)Nc1ccc(NC(=O)CN2CC[C@]3(CCCO3)[C@@H](OCc3ccccc3)C2)cc1. The zero-order chi connectivity index (χ0) is 22.4. The normalized spacial score (nSPS) is 23.2. The van der Waals surface area contributed by atoms with E-state index in [2.05, 4.69) is 27.7 Å². The van der Waals surface area contributed by atoms with Crippen LogP contribution < -0.4 is 10.6 Å². The Labute approximate surface area is 189 Å². The molecule has 2 aliphatic rings. The second kappa shape index (κ2) is 10.3. The number of nitrogens with zero attached hydrogens (tertiary/aromatic N) is 1. The molecule has 0 radical (unpaired) electrons. The van der Waals surface area contributed by atoms with Gasteiger partial charge in [-0.3, -0.25) is 14.5 Å². The van der Waals surface area contributed by atoms with Crippen molar-refractivity contribution in [3.8, 4) is 0 Å². The Morgan fingerprint density at radius 3 is 2.44 bits per heavy atom. The minimum atomic E-state index is -0.235. The lowest BCUT2D eigenvalue weighted by atomic mass is 9.85. The molecule has 1 spiro atoms. The van der Waals surface area contributed by atoms with E-state index >= 15 is 0 Å². The highest BCUT2D eigenvalue weighted by Gasteiger charge is 2.47. The Morgan fingerprint density at radius 1 is 1.06 bits per heavy atom. The lowest BCUT2D eigenvalue weighted by Crippen LogP contribution is -2.57. The lowest BCUT2D eigenvalue weighted by Gasteiger charge is -2.44. The number of hydrogen-bond acceptors (Lipinski definition) is 5. The van der Waals surface area contributed by atoms with Crippen molar-refractivity contribution in [2.45, 2.75) is 44.5 Å². The fourth-order valence-electron chi connectivity index (χ4n) is 4.53. The molecule has 170 valence electrons. The van der Waals surface area contributed by atoms with Gasteiger partial charge in [-0.25, -0.2) is 0 Å². The summed E-state index contributed by atoms with van der Waals surface area (Å²) in [4.78, 5) is 25.9. The van der Waals surface area contributed by atoms with E-state index in [0.29, 0.717) is 31.1 Å². The molecule has 2 saturated heterocycles. The van der Waals surface area contributed by atoms with Crippen LogP contribution in [0.15, 0.2) is 54.6 Å². The van der Waals surface area contributed by atoms with Crippen LogP contribution in [-0.4, -0.2) is 54.7 Å². The Morgan fingerprint density at radius 2 is 1.78 bits per heavy atom. The minimum absolute atomic E-state index is 0.0660. The molecule has 32 heavy (non-hydrogen) atoms. The highest BCUT2D eigenvalue weighted by Crippen LogP contribution is 2.38. The van der Waals surface area contributed by atoms with E-state index in [0.717, 1.165) is 38.0 Å². The van der Waals surface area contributed by atoms with Gasteiger partial charge in [-0.1, -0.05) is 30.3 Å². The third-order valence-corrected chi connectivity index (χ3v) is 6.15. The van der Waals surface area contributed by atoms with E-state index in [1.807, 2.05) is 18.2 Å². The van der Waals surface area contributed by atoms with Crippen molar-refractivity contribution in [2.24, 2.45) is 0 Å². The minimum Gasteiger partial charge on any atom is -0.372 e. The van der Waals surface area contributed by atoms with Crippen molar-refractivity contribution >= 4 is 23.2 Å². The smallest absolute Gasteiger partial charge is 0.238 e. The van der Waals surface area contributed by atoms with Gasteiger partial charge in [0, 0.05) is 38.0 Å². The van der Waals surface area contributed by atoms with Crippen LogP contribution in [0.3, 0.4) is 0 Å². The molecule has 7 nitrogen and oxygen atoms in total. The number of nitrogens with one attached hydrogen (secondary N) is 2. The van der Waals surface area contributed by atoms with Gasteiger partial charge in [0.05, 0.1) is 24.9 Å². The first kappa shape index (κ1) is 22.5. The number of benzene rings is 2. The summed E-state index contributed by atoms with van der Waals surface area (Å²) in [5.74, 6) is -0.192. The van der Waals surface area contributed by atoms with Gasteiger partial charge in [-0.15, -0.1) is 0 Å². The number of hydrogen-bond donors (Lipinski definition) is 2. The fraction of sp³-hybridized carbons (Fsp3) is 0.440. The number of piperidine rings is 1. The van der Waals surface area contributed by atoms with Crippen molar-refractivity contribution in [3.05, 3.63) is 60.2 Å². The zero-order valence-corrected chi connectivity index (χ0v) is 18.5. The van der Waals surface area contributed by atoms with E-state index < -0.39 is 0 Å². The Hall–Kier alpha value is -2.74. The summed E-state index contributed by atoms with van der Waals surface area (Å²) < 4.78 is 12.5. The van der Waals surface area contributed by atoms with Crippen molar-refractivity contribution in [1.29, 1.82) is 0 Å². The average Bonchev–Trinajstić information content (AvgIpc) is 3.25. The molecule has 2 atom stereocenters. The Kier molecular flexibility index (Phi) is 7.19. The summed E-state index contributed by atoms with van der Waals surface area (Å²) in [5.41, 5.74) is 2.31. The average molecular weight is 438 g/mol. The van der Waals surface area contributed by atoms with Crippen LogP contribution in [0.2, 0.25) is 0 Å². The first-order valence-electron chi connectivity index (χ1n) is 11.2. The van der Waals surface area contributed by atoms with Gasteiger partial charge < -0.3 is 20.1 Å². The Balaban J connectivity index is 1.33. The summed E-state index contributed by atoms with van der Waals surface area (Å²) in [5, 5.41) is 5.66. The van der Waals surface area contributed by atoms with Gasteiger partial charge in [0.2, 0.25) is 11.8 Å². The largest absolute Gasteiger partial charge is 0.372 e. The first-order valence-corrected chi connectivity index (χ1v) is 11.2. The van der Waals surface area contributed by atoms with Crippen LogP contribution in [-0.2, 0) is 25.7 Å². The van der Waals surface area contributed by atoms with Crippen molar-refractivity contribution in [3.63, 3.8) is 0 Å². The van der Waals surface area contributed by atoms with E-state index in [1.54, 1.807) is 24.3 Å². The number of amides is 2. The third-order valence-electron chi connectivity index (χ3n) is 6.15. The molecule has 7 heteroatoms. The summed E-state index contributed by atoms with van der Waals surface area (Å²) in [7, 11) is 0. The summed E-state index contributed by atoms with van der Waals surface area (Å²) >= 11 is 0. The molecule has 2 aromatic carbocycles. The van der Waals surface area contributed by atoms with Crippen LogP contribution >= 0.6 is 0 Å². The van der Waals surface area contributed by atoms with Crippen LogP contribution in [0, 0.1) is 0 Å². The number of carbonyl (C=O) groups is 2. The van der Waals surface area contributed by atoms with Gasteiger partial charge in [0.15, 0.2) is 0 Å². The van der Waals surface area contributed by atoms with Gasteiger partial charge >= 0.3 is 0 Å². The number of likely N-dealkylation sites (tertiary alicyclic amines) is 1. The van der Waals surface area contributed by atoms with Crippen LogP contribution in [0.25, 0.3) is 0 Å². The monoisotopic (exact) mass is 437 g/mol. The van der Waals surface area contributed by atoms with Gasteiger partial charge in [0.25, 0.3) is 0 Å². The molecular weight excluding hydrogens is 406 g/mol. The highest BCUT2D eigenvalue weighted by molar-refractivity contribution is 5.93. The summed E-state index contributed by atoms with van der Waals surface area (Å²) in [6, 6.07) is 17.3. The quantitative estimate of drug-likeness (QED) is 0.694. The molecule has 0 aliphatic carbocycles. The second-order valence-electron chi connectivity index (χ2n) is 8.59. The number of ether oxygens (including phenoxy) is 2. The molecule has 0 saturated carbocycles. The fourth-order valence-corrected chi connectivity index (χ4v) is 4.53. The van der Waals surface area contributed by atoms with Crippen LogP contribution in [0.1, 0.15) is 31.7 Å². The predicted octanol–water partition coefficient (Wildman–Crippen LogP) is 3.42. The Bertz CT molecular complexity index is 911. The van der Waals surface area contributed by atoms with E-state index in [9.17, 15) is 9.59 Å². The van der Waals surface area contributed by atoms with E-state index in [1.165, 1.54) is 6.92 Å². The van der Waals surface area contributed by atoms with Crippen LogP contribution in [0.4, 0.5) is 11.4 Å². The van der Waals surface area contributed by atoms with Gasteiger partial charge in [0.1, 0.15) is 0 Å². The maximum atomic E-state index is 12.6. The highest BCUT2D eigenvalue weighted by atomic mass is 16.6. The van der Waals surface area contributed by atoms with Gasteiger partial charge in [-0.2, -0.15) is 0 Å². The standard InChI is InChI=1S/C25H31N3O4/c1-19(29)26-21-8-10-22(11-9-21)27-24(30)17-28-14-13-25(12-5-15-32-25)23(16-28)31-18-20-6-3-2-4-7-20/h2-4,6-11,23H,5,12-18H2,1H3,(H,26,29)(H,27,30)/t23-,25+/m0/s1. The molecule has 2 amide bonds. The first-order chi connectivity index (χ1) is 15.5. The second-order valence-corrected chi connectivity index (χ2v) is 8.59. The summed E-state index contributed by atoms with van der Waals surface area (Å²) in [6.45, 7) is 4.56. The van der Waals surface area contributed by atoms with Crippen LogP contribution in [0.5, 0.6) is 0 Å². The summed E-state index contributed by atoms with van der Waals surface area (Å²) in [6.07, 6.45) is 2.86. The molecule has 4 rings (SSSR count). The number of carbonyl (C=O) groups excluding carboxylic acids is 2. The predicted molar refractivity (Wildman–Crippen MR) is 123 cm³/mol. The molecule has 2 N–H and O–H groups in total. The molecule has 0 bridgehead atoms. The number of anilines is 2. The van der Waals surface area contributed by atoms with E-state index in [4.69, 9.17) is 9.47 Å². The number of rotatable bonds is 7.